The Kier molecular flexibility index (Phi) is 12.7. The standard InChI is InChI=1S/C18H33N5O6S/c1-9(2)7-12(16(26)21-10(3)18(28)29)23-17(27)13(8-14(20)24)22-15(25)11(19)5-6-30-4/h9-13H,5-8,19H2,1-4H3,(H2,20,24)(H,21,26)(H,22,25)(H,23,27)(H,28,29). The first-order valence-corrected chi connectivity index (χ1v) is 10.9. The Morgan fingerprint density at radius 2 is 1.47 bits per heavy atom. The molecule has 0 saturated carbocycles. The van der Waals surface area contributed by atoms with E-state index in [0.717, 1.165) is 0 Å². The van der Waals surface area contributed by atoms with Crippen LogP contribution in [0.15, 0.2) is 0 Å². The van der Waals surface area contributed by atoms with E-state index in [1.54, 1.807) is 0 Å². The smallest absolute Gasteiger partial charge is 0.325 e. The van der Waals surface area contributed by atoms with Crippen molar-refractivity contribution in [2.24, 2.45) is 17.4 Å². The van der Waals surface area contributed by atoms with E-state index in [1.165, 1.54) is 18.7 Å². The summed E-state index contributed by atoms with van der Waals surface area (Å²) in [5.41, 5.74) is 11.0. The predicted octanol–water partition coefficient (Wildman–Crippen LogP) is -1.45. The van der Waals surface area contributed by atoms with Gasteiger partial charge in [0.05, 0.1) is 12.5 Å². The first kappa shape index (κ1) is 27.7. The molecule has 0 fully saturated rings. The number of rotatable bonds is 14. The maximum absolute atomic E-state index is 12.7. The largest absolute Gasteiger partial charge is 0.480 e. The lowest BCUT2D eigenvalue weighted by atomic mass is 10.0. The van der Waals surface area contributed by atoms with Gasteiger partial charge in [0.15, 0.2) is 0 Å². The molecule has 4 amide bonds. The van der Waals surface area contributed by atoms with Gasteiger partial charge in [-0.3, -0.25) is 24.0 Å². The summed E-state index contributed by atoms with van der Waals surface area (Å²) in [5, 5.41) is 16.1. The number of carbonyl (C=O) groups is 5. The van der Waals surface area contributed by atoms with Crippen LogP contribution in [-0.4, -0.2) is 70.9 Å². The molecule has 30 heavy (non-hydrogen) atoms. The van der Waals surface area contributed by atoms with Crippen LogP contribution in [0.1, 0.15) is 40.0 Å². The molecule has 0 saturated heterocycles. The molecule has 11 nitrogen and oxygen atoms in total. The Bertz CT molecular complexity index is 630. The van der Waals surface area contributed by atoms with Gasteiger partial charge in [0.25, 0.3) is 0 Å². The van der Waals surface area contributed by atoms with E-state index < -0.39 is 60.2 Å². The van der Waals surface area contributed by atoms with Crippen molar-refractivity contribution in [1.29, 1.82) is 0 Å². The maximum atomic E-state index is 12.7. The minimum atomic E-state index is -1.31. The van der Waals surface area contributed by atoms with Crippen LogP contribution in [0.2, 0.25) is 0 Å². The monoisotopic (exact) mass is 447 g/mol. The van der Waals surface area contributed by atoms with Gasteiger partial charge in [0.2, 0.25) is 23.6 Å². The molecule has 0 aliphatic rings. The lowest BCUT2D eigenvalue weighted by molar-refractivity contribution is -0.142. The Hall–Kier alpha value is -2.34. The molecule has 4 unspecified atom stereocenters. The van der Waals surface area contributed by atoms with E-state index in [0.29, 0.717) is 12.2 Å². The zero-order chi connectivity index (χ0) is 23.4. The van der Waals surface area contributed by atoms with Crippen molar-refractivity contribution in [2.75, 3.05) is 12.0 Å². The van der Waals surface area contributed by atoms with Gasteiger partial charge >= 0.3 is 5.97 Å². The summed E-state index contributed by atoms with van der Waals surface area (Å²) >= 11 is 1.51. The van der Waals surface area contributed by atoms with Gasteiger partial charge in [0.1, 0.15) is 18.1 Å². The summed E-state index contributed by atoms with van der Waals surface area (Å²) in [4.78, 5) is 59.7. The number of amides is 4. The fourth-order valence-electron chi connectivity index (χ4n) is 2.42. The molecular weight excluding hydrogens is 414 g/mol. The number of hydrogen-bond donors (Lipinski definition) is 6. The molecular formula is C18H33N5O6S. The van der Waals surface area contributed by atoms with Crippen LogP contribution >= 0.6 is 11.8 Å². The topological polar surface area (TPSA) is 194 Å². The Morgan fingerprint density at radius 1 is 0.933 bits per heavy atom. The third-order valence-electron chi connectivity index (χ3n) is 4.08. The molecule has 0 heterocycles. The molecule has 0 aliphatic heterocycles. The summed E-state index contributed by atoms with van der Waals surface area (Å²) in [5.74, 6) is -3.51. The molecule has 0 rings (SSSR count). The summed E-state index contributed by atoms with van der Waals surface area (Å²) in [6.45, 7) is 4.93. The number of carbonyl (C=O) groups excluding carboxylic acids is 4. The molecule has 0 aromatic carbocycles. The van der Waals surface area contributed by atoms with Crippen molar-refractivity contribution in [3.05, 3.63) is 0 Å². The maximum Gasteiger partial charge on any atom is 0.325 e. The molecule has 0 aromatic rings. The second-order valence-corrected chi connectivity index (χ2v) is 8.36. The minimum absolute atomic E-state index is 0.00895. The van der Waals surface area contributed by atoms with Gasteiger partial charge in [-0.2, -0.15) is 11.8 Å². The van der Waals surface area contributed by atoms with E-state index in [1.807, 2.05) is 20.1 Å². The van der Waals surface area contributed by atoms with Crippen LogP contribution in [0.3, 0.4) is 0 Å². The molecule has 0 aliphatic carbocycles. The number of nitrogens with two attached hydrogens (primary N) is 2. The van der Waals surface area contributed by atoms with Gasteiger partial charge in [-0.25, -0.2) is 0 Å². The van der Waals surface area contributed by atoms with E-state index in [-0.39, 0.29) is 12.3 Å². The summed E-state index contributed by atoms with van der Waals surface area (Å²) in [6.07, 6.45) is 1.98. The summed E-state index contributed by atoms with van der Waals surface area (Å²) < 4.78 is 0. The van der Waals surface area contributed by atoms with Crippen LogP contribution in [-0.2, 0) is 24.0 Å². The summed E-state index contributed by atoms with van der Waals surface area (Å²) in [6, 6.07) is -4.39. The SMILES string of the molecule is CSCCC(N)C(=O)NC(CC(N)=O)C(=O)NC(CC(C)C)C(=O)NC(C)C(=O)O. The number of aliphatic carboxylic acids is 1. The Morgan fingerprint density at radius 3 is 1.93 bits per heavy atom. The molecule has 8 N–H and O–H groups in total. The van der Waals surface area contributed by atoms with Crippen LogP contribution in [0.25, 0.3) is 0 Å². The van der Waals surface area contributed by atoms with E-state index in [2.05, 4.69) is 16.0 Å². The molecule has 12 heteroatoms. The highest BCUT2D eigenvalue weighted by molar-refractivity contribution is 7.98. The number of primary amides is 1. The molecule has 0 radical (unpaired) electrons. The lowest BCUT2D eigenvalue weighted by Crippen LogP contribution is -2.57. The molecule has 0 aromatic heterocycles. The Balaban J connectivity index is 5.31. The molecule has 0 bridgehead atoms. The van der Waals surface area contributed by atoms with Crippen molar-refractivity contribution in [3.63, 3.8) is 0 Å². The predicted molar refractivity (Wildman–Crippen MR) is 113 cm³/mol. The van der Waals surface area contributed by atoms with Crippen molar-refractivity contribution >= 4 is 41.4 Å². The van der Waals surface area contributed by atoms with E-state index in [4.69, 9.17) is 16.6 Å². The Labute approximate surface area is 180 Å². The summed E-state index contributed by atoms with van der Waals surface area (Å²) in [7, 11) is 0. The highest BCUT2D eigenvalue weighted by Gasteiger charge is 2.30. The minimum Gasteiger partial charge on any atom is -0.480 e. The second-order valence-electron chi connectivity index (χ2n) is 7.38. The van der Waals surface area contributed by atoms with E-state index >= 15 is 0 Å². The average Bonchev–Trinajstić information content (AvgIpc) is 2.63. The molecule has 172 valence electrons. The number of carboxylic acid groups (broad SMARTS) is 1. The first-order chi connectivity index (χ1) is 13.9. The molecule has 4 atom stereocenters. The lowest BCUT2D eigenvalue weighted by Gasteiger charge is -2.25. The van der Waals surface area contributed by atoms with Crippen LogP contribution in [0.5, 0.6) is 0 Å². The third-order valence-corrected chi connectivity index (χ3v) is 4.72. The van der Waals surface area contributed by atoms with Crippen molar-refractivity contribution in [3.8, 4) is 0 Å². The van der Waals surface area contributed by atoms with Gasteiger partial charge in [-0.05, 0) is 37.7 Å². The number of thioether (sulfide) groups is 1. The van der Waals surface area contributed by atoms with Crippen molar-refractivity contribution in [1.82, 2.24) is 16.0 Å². The number of nitrogens with one attached hydrogen (secondary N) is 3. The number of hydrogen-bond acceptors (Lipinski definition) is 7. The average molecular weight is 448 g/mol. The van der Waals surface area contributed by atoms with E-state index in [9.17, 15) is 24.0 Å². The van der Waals surface area contributed by atoms with Crippen molar-refractivity contribution in [2.45, 2.75) is 64.2 Å². The van der Waals surface area contributed by atoms with Gasteiger partial charge in [0, 0.05) is 0 Å². The van der Waals surface area contributed by atoms with Crippen LogP contribution in [0.4, 0.5) is 0 Å². The normalized spacial score (nSPS) is 14.9. The first-order valence-electron chi connectivity index (χ1n) is 9.55. The quantitative estimate of drug-likeness (QED) is 0.186. The second kappa shape index (κ2) is 13.8. The fourth-order valence-corrected chi connectivity index (χ4v) is 2.91. The highest BCUT2D eigenvalue weighted by Crippen LogP contribution is 2.07. The fraction of sp³-hybridized carbons (Fsp3) is 0.722. The van der Waals surface area contributed by atoms with Crippen LogP contribution in [0, 0.1) is 5.92 Å². The molecule has 0 spiro atoms. The highest BCUT2D eigenvalue weighted by atomic mass is 32.2. The van der Waals surface area contributed by atoms with Gasteiger partial charge in [-0.15, -0.1) is 0 Å². The van der Waals surface area contributed by atoms with Gasteiger partial charge < -0.3 is 32.5 Å². The van der Waals surface area contributed by atoms with Gasteiger partial charge in [-0.1, -0.05) is 13.8 Å². The van der Waals surface area contributed by atoms with Crippen LogP contribution < -0.4 is 27.4 Å². The number of carboxylic acids is 1. The zero-order valence-electron chi connectivity index (χ0n) is 17.8. The zero-order valence-corrected chi connectivity index (χ0v) is 18.6. The third kappa shape index (κ3) is 11.0. The van der Waals surface area contributed by atoms with Crippen molar-refractivity contribution < 1.29 is 29.1 Å².